The molecule has 0 spiro atoms. The molecule has 0 amide bonds. The topological polar surface area (TPSA) is 150 Å². The maximum atomic E-state index is 6.41. The highest BCUT2D eigenvalue weighted by Crippen LogP contribution is 2.45. The van der Waals surface area contributed by atoms with E-state index in [0.717, 1.165) is 197 Å². The number of furan rings is 5. The first-order valence-electron chi connectivity index (χ1n) is 50.8. The second kappa shape index (κ2) is 39.7. The molecule has 0 bridgehead atoms. The van der Waals surface area contributed by atoms with E-state index in [2.05, 4.69) is 437 Å². The van der Waals surface area contributed by atoms with E-state index in [1.807, 2.05) is 0 Å². The first kappa shape index (κ1) is 98.2. The van der Waals surface area contributed by atoms with Crippen LogP contribution in [0.15, 0.2) is 235 Å². The zero-order valence-electron chi connectivity index (χ0n) is 88.2. The summed E-state index contributed by atoms with van der Waals surface area (Å²) < 4.78 is 42.9. The average molecular weight is 1870 g/mol. The minimum Gasteiger partial charge on any atom is -0.437 e. The predicted molar refractivity (Wildman–Crippen MR) is 576 cm³/mol. The smallest absolute Gasteiger partial charge is 0.227 e. The van der Waals surface area contributed by atoms with Gasteiger partial charge in [0.25, 0.3) is 0 Å². The van der Waals surface area contributed by atoms with Crippen LogP contribution in [0.25, 0.3) is 167 Å². The summed E-state index contributed by atoms with van der Waals surface area (Å²) in [5.74, 6) is 3.57. The zero-order valence-corrected chi connectivity index (χ0v) is 88.2. The Bertz CT molecular complexity index is 8100. The quantitative estimate of drug-likeness (QED) is 0.0908. The van der Waals surface area contributed by atoms with Crippen LogP contribution >= 0.6 is 0 Å². The molecule has 140 heavy (non-hydrogen) atoms. The number of hydrogen-bond acceptors (Lipinski definition) is 10. The Morgan fingerprint density at radius 1 is 0.307 bits per heavy atom. The number of pyridine rings is 10. The molecule has 0 radical (unpaired) electrons. The Balaban J connectivity index is 0.000000121. The first-order valence-corrected chi connectivity index (χ1v) is 50.8. The molecule has 15 nitrogen and oxygen atoms in total. The summed E-state index contributed by atoms with van der Waals surface area (Å²) in [6.45, 7) is 52.7. The van der Waals surface area contributed by atoms with Crippen molar-refractivity contribution in [2.45, 2.75) is 252 Å². The molecule has 1 fully saturated rings. The molecule has 5 aromatic carbocycles. The third-order valence-electron chi connectivity index (χ3n) is 28.4. The molecular formula is C125H143N10O5+5. The first-order chi connectivity index (χ1) is 66.7. The lowest BCUT2D eigenvalue weighted by Crippen LogP contribution is -2.31. The van der Waals surface area contributed by atoms with Crippen LogP contribution in [0.1, 0.15) is 277 Å². The van der Waals surface area contributed by atoms with Gasteiger partial charge in [0.2, 0.25) is 57.0 Å². The van der Waals surface area contributed by atoms with Crippen molar-refractivity contribution < 1.29 is 44.9 Å². The summed E-state index contributed by atoms with van der Waals surface area (Å²) in [6.07, 6.45) is 19.2. The van der Waals surface area contributed by atoms with Gasteiger partial charge in [0.1, 0.15) is 35.2 Å². The van der Waals surface area contributed by atoms with Crippen molar-refractivity contribution in [3.05, 3.63) is 297 Å². The summed E-state index contributed by atoms with van der Waals surface area (Å²) in [4.78, 5) is 24.2. The lowest BCUT2D eigenvalue weighted by Gasteiger charge is -2.16. The van der Waals surface area contributed by atoms with Crippen LogP contribution in [-0.2, 0) is 59.9 Å². The van der Waals surface area contributed by atoms with Crippen molar-refractivity contribution in [1.82, 2.24) is 24.9 Å². The molecule has 15 aromatic heterocycles. The van der Waals surface area contributed by atoms with Crippen molar-refractivity contribution in [2.24, 2.45) is 46.6 Å². The molecule has 0 atom stereocenters. The summed E-state index contributed by atoms with van der Waals surface area (Å²) in [5.41, 5.74) is 38.3. The number of aryl methyl sites for hydroxylation is 11. The van der Waals surface area contributed by atoms with Gasteiger partial charge in [-0.15, -0.1) is 0 Å². The monoisotopic (exact) mass is 1860 g/mol. The van der Waals surface area contributed by atoms with E-state index in [4.69, 9.17) is 47.0 Å². The molecule has 15 heteroatoms. The summed E-state index contributed by atoms with van der Waals surface area (Å²) >= 11 is 0. The lowest BCUT2D eigenvalue weighted by molar-refractivity contribution is -0.661. The summed E-state index contributed by atoms with van der Waals surface area (Å²) in [7, 11) is 10.6. The van der Waals surface area contributed by atoms with E-state index in [1.54, 1.807) is 0 Å². The van der Waals surface area contributed by atoms with E-state index in [0.29, 0.717) is 41.4 Å². The number of fused-ring (bicyclic) bond motifs is 15. The van der Waals surface area contributed by atoms with Crippen molar-refractivity contribution in [3.63, 3.8) is 0 Å². The normalized spacial score (nSPS) is 12.8. The van der Waals surface area contributed by atoms with Gasteiger partial charge < -0.3 is 22.1 Å². The number of nitrogens with zero attached hydrogens (tertiary/aromatic N) is 10. The van der Waals surface area contributed by atoms with Gasteiger partial charge in [0.05, 0.1) is 27.8 Å². The Hall–Kier alpha value is -13.4. The highest BCUT2D eigenvalue weighted by atomic mass is 16.4. The molecule has 1 aliphatic carbocycles. The average Bonchev–Trinajstić information content (AvgIpc) is 1.61. The third kappa shape index (κ3) is 19.9. The Morgan fingerprint density at radius 2 is 0.607 bits per heavy atom. The molecule has 0 aliphatic heterocycles. The molecule has 718 valence electrons. The summed E-state index contributed by atoms with van der Waals surface area (Å²) in [6, 6.07) is 65.4. The van der Waals surface area contributed by atoms with Crippen LogP contribution in [0.5, 0.6) is 0 Å². The number of rotatable bonds is 15. The van der Waals surface area contributed by atoms with Crippen molar-refractivity contribution >= 4 is 110 Å². The van der Waals surface area contributed by atoms with Crippen LogP contribution < -0.4 is 22.8 Å². The lowest BCUT2D eigenvalue weighted by atomic mass is 9.90. The van der Waals surface area contributed by atoms with Crippen molar-refractivity contribution in [1.29, 1.82) is 0 Å². The van der Waals surface area contributed by atoms with Gasteiger partial charge in [-0.3, -0.25) is 0 Å². The Morgan fingerprint density at radius 3 is 0.929 bits per heavy atom. The highest BCUT2D eigenvalue weighted by Gasteiger charge is 2.31. The predicted octanol–water partition coefficient (Wildman–Crippen LogP) is 30.8. The molecule has 0 unspecified atom stereocenters. The third-order valence-corrected chi connectivity index (χ3v) is 28.4. The van der Waals surface area contributed by atoms with Crippen LogP contribution in [0.4, 0.5) is 0 Å². The molecule has 0 N–H and O–H groups in total. The van der Waals surface area contributed by atoms with Gasteiger partial charge >= 0.3 is 0 Å². The van der Waals surface area contributed by atoms with E-state index < -0.39 is 0 Å². The highest BCUT2D eigenvalue weighted by molar-refractivity contribution is 6.13. The van der Waals surface area contributed by atoms with Crippen LogP contribution in [0, 0.1) is 46.0 Å². The van der Waals surface area contributed by atoms with Crippen LogP contribution in [-0.4, -0.2) is 24.9 Å². The molecule has 1 saturated carbocycles. The fourth-order valence-corrected chi connectivity index (χ4v) is 20.2. The van der Waals surface area contributed by atoms with Crippen molar-refractivity contribution in [2.75, 3.05) is 0 Å². The van der Waals surface area contributed by atoms with E-state index in [9.17, 15) is 0 Å². The van der Waals surface area contributed by atoms with Gasteiger partial charge in [-0.2, -0.15) is 0 Å². The van der Waals surface area contributed by atoms with Gasteiger partial charge in [0.15, 0.2) is 58.9 Å². The Labute approximate surface area is 826 Å². The van der Waals surface area contributed by atoms with Crippen LogP contribution in [0.2, 0.25) is 0 Å². The maximum Gasteiger partial charge on any atom is 0.227 e. The second-order valence-electron chi connectivity index (χ2n) is 43.8. The molecule has 1 aliphatic rings. The number of benzene rings is 5. The molecule has 15 heterocycles. The minimum absolute atomic E-state index is 0.00890. The molecule has 20 aromatic rings. The van der Waals surface area contributed by atoms with Gasteiger partial charge in [0, 0.05) is 152 Å². The maximum absolute atomic E-state index is 6.41. The standard InChI is InChI=1S/C26H31N2O.C25H27N2O.2C25H29N2O.C24H27N2O/c1-16(2)18-9-13-22(28(7)15-18)23-17(3)8-11-20-21-12-10-19(14-26(4,5)6)27-25(21)29-24(20)23;1-4-17-10-14-22(27(3)15-17)23-16(2)9-11-19-20-12-13-21(18-7-5-6-8-18)26-25(20)28-24(19)23;1-15(2)17-9-12-20(27(7)14-17)22-16(3)8-10-18-19-11-13-21(25(4,5)6)26-24(19)28-23(18)22;1-15(2)13-19-9-11-21-20-10-7-17(5)23(24(20)28-25(21)26-19)22-12-8-18(16(3)4)14-27(22)6;1-14(2)17-8-12-21(26(6)13-17)22-16(5)7-9-18-19-10-11-20(15(3)4)25-24(19)27-23(18)22/h8-13,15-16H,14H2,1-7H3;9-15,18H,4-8H2,1-3H3;8-15H,1-7H3;7-12,14-16H,13H2,1-6H3;7-15H,1-6H3/q5*+1. The van der Waals surface area contributed by atoms with Crippen LogP contribution in [0.3, 0.4) is 0 Å². The summed E-state index contributed by atoms with van der Waals surface area (Å²) in [5, 5.41) is 11.1. The van der Waals surface area contributed by atoms with Gasteiger partial charge in [-0.05, 0) is 226 Å². The Kier molecular flexibility index (Phi) is 27.9. The molecular weight excluding hydrogens is 1720 g/mol. The number of hydrogen-bond donors (Lipinski definition) is 0. The van der Waals surface area contributed by atoms with E-state index in [1.165, 1.54) is 98.3 Å². The fraction of sp³-hybridized carbons (Fsp3) is 0.360. The van der Waals surface area contributed by atoms with E-state index >= 15 is 0 Å². The number of aromatic nitrogens is 10. The molecule has 21 rings (SSSR count). The van der Waals surface area contributed by atoms with E-state index in [-0.39, 0.29) is 10.8 Å². The van der Waals surface area contributed by atoms with Gasteiger partial charge in [-0.25, -0.2) is 47.8 Å². The van der Waals surface area contributed by atoms with Crippen molar-refractivity contribution in [3.8, 4) is 56.3 Å². The van der Waals surface area contributed by atoms with Gasteiger partial charge in [-0.1, -0.05) is 205 Å². The largest absolute Gasteiger partial charge is 0.437 e. The molecule has 0 saturated heterocycles. The SMILES string of the molecule is CCc1ccc(-c2c(C)ccc3c2oc2nc(C4CCCC4)ccc23)[n+](C)c1.Cc1ccc2c(oc3nc(C(C)(C)C)ccc32)c1-c1ccc(C(C)C)c[n+]1C.Cc1ccc2c(oc3nc(C(C)C)ccc32)c1-c1ccc(C(C)C)c[n+]1C.Cc1ccc2c(oc3nc(CC(C)(C)C)ccc32)c1-c1ccc(C(C)C)c[n+]1C.Cc1ccc2c(oc3nc(CC(C)C)ccc32)c1-c1ccc(C(C)C)c[n+]1C. The second-order valence-corrected chi connectivity index (χ2v) is 43.8. The zero-order chi connectivity index (χ0) is 99.7. The minimum atomic E-state index is -0.00890. The fourth-order valence-electron chi connectivity index (χ4n) is 20.2.